The van der Waals surface area contributed by atoms with Gasteiger partial charge in [0, 0.05) is 36.0 Å². The molecule has 2 aromatic heterocycles. The summed E-state index contributed by atoms with van der Waals surface area (Å²) in [6.45, 7) is 6.53. The molecule has 6 nitrogen and oxygen atoms in total. The molecule has 2 fully saturated rings. The van der Waals surface area contributed by atoms with Crippen molar-refractivity contribution in [3.05, 3.63) is 64.7 Å². The number of hydrogen-bond acceptors (Lipinski definition) is 5. The molecule has 168 valence electrons. The third-order valence-corrected chi connectivity index (χ3v) is 7.45. The molecule has 3 heterocycles. The average Bonchev–Trinajstić information content (AvgIpc) is 3.24. The van der Waals surface area contributed by atoms with Gasteiger partial charge in [-0.2, -0.15) is 0 Å². The van der Waals surface area contributed by atoms with Crippen LogP contribution in [0.15, 0.2) is 41.6 Å². The second kappa shape index (κ2) is 9.24. The van der Waals surface area contributed by atoms with E-state index in [9.17, 15) is 4.79 Å². The number of aryl methyl sites for hydroxylation is 1. The van der Waals surface area contributed by atoms with Gasteiger partial charge in [0.1, 0.15) is 5.82 Å². The second-order valence-corrected chi connectivity index (χ2v) is 9.87. The van der Waals surface area contributed by atoms with Gasteiger partial charge in [-0.15, -0.1) is 10.2 Å². The lowest BCUT2D eigenvalue weighted by atomic mass is 10.2. The van der Waals surface area contributed by atoms with E-state index in [4.69, 9.17) is 4.74 Å². The molecule has 32 heavy (non-hydrogen) atoms. The predicted molar refractivity (Wildman–Crippen MR) is 125 cm³/mol. The standard InChI is InChI=1S/C25H30N4O2S/c1-17-13-22(18(2)28(17)15-21-9-6-12-31-21)23(30)16-32-25-27-26-24(20-10-11-20)29(25)14-19-7-4-3-5-8-19/h3-5,7-8,13,20-21H,6,9-12,14-16H2,1-2H3/t21-/m1/s1. The van der Waals surface area contributed by atoms with E-state index in [0.717, 1.165) is 60.5 Å². The van der Waals surface area contributed by atoms with E-state index >= 15 is 0 Å². The Morgan fingerprint density at radius 1 is 1.12 bits per heavy atom. The molecule has 1 aliphatic carbocycles. The van der Waals surface area contributed by atoms with E-state index in [1.807, 2.05) is 19.1 Å². The number of hydrogen-bond donors (Lipinski definition) is 0. The smallest absolute Gasteiger partial charge is 0.191 e. The molecule has 0 spiro atoms. The van der Waals surface area contributed by atoms with Crippen LogP contribution in [0, 0.1) is 13.8 Å². The van der Waals surface area contributed by atoms with Gasteiger partial charge in [-0.05, 0) is 51.2 Å². The van der Waals surface area contributed by atoms with E-state index in [-0.39, 0.29) is 11.9 Å². The minimum absolute atomic E-state index is 0.143. The molecule has 2 aliphatic rings. The fourth-order valence-electron chi connectivity index (χ4n) is 4.53. The third kappa shape index (κ3) is 4.55. The Balaban J connectivity index is 1.30. The van der Waals surface area contributed by atoms with Crippen LogP contribution in [0.25, 0.3) is 0 Å². The second-order valence-electron chi connectivity index (χ2n) is 8.93. The summed E-state index contributed by atoms with van der Waals surface area (Å²) in [6.07, 6.45) is 4.82. The van der Waals surface area contributed by atoms with Gasteiger partial charge in [0.15, 0.2) is 10.9 Å². The number of ether oxygens (including phenoxy) is 1. The molecular weight excluding hydrogens is 420 g/mol. The van der Waals surface area contributed by atoms with Gasteiger partial charge >= 0.3 is 0 Å². The topological polar surface area (TPSA) is 61.9 Å². The van der Waals surface area contributed by atoms with Crippen molar-refractivity contribution < 1.29 is 9.53 Å². The summed E-state index contributed by atoms with van der Waals surface area (Å²) < 4.78 is 10.2. The first-order valence-corrected chi connectivity index (χ1v) is 12.5. The molecule has 1 atom stereocenters. The maximum atomic E-state index is 13.1. The van der Waals surface area contributed by atoms with Crippen LogP contribution in [0.2, 0.25) is 0 Å². The molecule has 0 radical (unpaired) electrons. The molecule has 0 bridgehead atoms. The Morgan fingerprint density at radius 3 is 2.66 bits per heavy atom. The molecule has 7 heteroatoms. The van der Waals surface area contributed by atoms with Crippen LogP contribution in [-0.4, -0.2) is 43.6 Å². The van der Waals surface area contributed by atoms with Crippen LogP contribution in [0.3, 0.4) is 0 Å². The van der Waals surface area contributed by atoms with Crippen molar-refractivity contribution in [2.75, 3.05) is 12.4 Å². The molecular formula is C25H30N4O2S. The fraction of sp³-hybridized carbons (Fsp3) is 0.480. The maximum Gasteiger partial charge on any atom is 0.191 e. The van der Waals surface area contributed by atoms with Gasteiger partial charge in [0.2, 0.25) is 0 Å². The largest absolute Gasteiger partial charge is 0.376 e. The number of rotatable bonds is 9. The first-order chi connectivity index (χ1) is 15.6. The number of Topliss-reactive ketones (excluding diaryl/α,β-unsaturated/α-hetero) is 1. The molecule has 3 aromatic rings. The van der Waals surface area contributed by atoms with E-state index < -0.39 is 0 Å². The van der Waals surface area contributed by atoms with Crippen molar-refractivity contribution in [3.63, 3.8) is 0 Å². The zero-order valence-electron chi connectivity index (χ0n) is 18.8. The van der Waals surface area contributed by atoms with E-state index in [2.05, 4.69) is 50.5 Å². The fourth-order valence-corrected chi connectivity index (χ4v) is 5.36. The molecule has 0 N–H and O–H groups in total. The molecule has 5 rings (SSSR count). The van der Waals surface area contributed by atoms with Gasteiger partial charge in [0.25, 0.3) is 0 Å². The molecule has 1 aliphatic heterocycles. The maximum absolute atomic E-state index is 13.1. The molecule has 0 amide bonds. The molecule has 0 unspecified atom stereocenters. The summed E-state index contributed by atoms with van der Waals surface area (Å²) in [5.74, 6) is 2.07. The van der Waals surface area contributed by atoms with Gasteiger partial charge in [-0.25, -0.2) is 0 Å². The van der Waals surface area contributed by atoms with Crippen LogP contribution in [0.4, 0.5) is 0 Å². The van der Waals surface area contributed by atoms with Crippen LogP contribution in [0.1, 0.15) is 64.7 Å². The average molecular weight is 451 g/mol. The van der Waals surface area contributed by atoms with E-state index in [0.29, 0.717) is 11.7 Å². The van der Waals surface area contributed by atoms with Gasteiger partial charge in [-0.1, -0.05) is 42.1 Å². The van der Waals surface area contributed by atoms with Crippen molar-refractivity contribution in [2.24, 2.45) is 0 Å². The van der Waals surface area contributed by atoms with Crippen LogP contribution in [0.5, 0.6) is 0 Å². The minimum Gasteiger partial charge on any atom is -0.376 e. The first kappa shape index (κ1) is 21.5. The number of ketones is 1. The van der Waals surface area contributed by atoms with Crippen molar-refractivity contribution >= 4 is 17.5 Å². The Morgan fingerprint density at radius 2 is 1.94 bits per heavy atom. The normalized spacial score (nSPS) is 18.4. The monoisotopic (exact) mass is 450 g/mol. The third-order valence-electron chi connectivity index (χ3n) is 6.49. The highest BCUT2D eigenvalue weighted by atomic mass is 32.2. The van der Waals surface area contributed by atoms with Crippen molar-refractivity contribution in [1.82, 2.24) is 19.3 Å². The number of carbonyl (C=O) groups is 1. The first-order valence-electron chi connectivity index (χ1n) is 11.5. The Labute approximate surface area is 193 Å². The lowest BCUT2D eigenvalue weighted by Gasteiger charge is -2.14. The Hall–Kier alpha value is -2.38. The van der Waals surface area contributed by atoms with Crippen LogP contribution >= 0.6 is 11.8 Å². The lowest BCUT2D eigenvalue weighted by Crippen LogP contribution is -2.17. The van der Waals surface area contributed by atoms with E-state index in [1.165, 1.54) is 30.2 Å². The predicted octanol–water partition coefficient (Wildman–Crippen LogP) is 4.78. The quantitative estimate of drug-likeness (QED) is 0.347. The highest BCUT2D eigenvalue weighted by Gasteiger charge is 2.31. The van der Waals surface area contributed by atoms with Crippen molar-refractivity contribution in [1.29, 1.82) is 0 Å². The highest BCUT2D eigenvalue weighted by molar-refractivity contribution is 7.99. The molecule has 1 aromatic carbocycles. The van der Waals surface area contributed by atoms with Crippen molar-refractivity contribution in [2.45, 2.75) is 69.8 Å². The van der Waals surface area contributed by atoms with Crippen LogP contribution < -0.4 is 0 Å². The number of aromatic nitrogens is 4. The van der Waals surface area contributed by atoms with Crippen molar-refractivity contribution in [3.8, 4) is 0 Å². The Bertz CT molecular complexity index is 1090. The number of benzene rings is 1. The Kier molecular flexibility index (Phi) is 6.20. The minimum atomic E-state index is 0.143. The molecule has 1 saturated carbocycles. The van der Waals surface area contributed by atoms with Crippen LogP contribution in [-0.2, 0) is 17.8 Å². The zero-order chi connectivity index (χ0) is 22.1. The van der Waals surface area contributed by atoms with Gasteiger partial charge in [0.05, 0.1) is 18.4 Å². The lowest BCUT2D eigenvalue weighted by molar-refractivity contribution is 0.0957. The number of thioether (sulfide) groups is 1. The summed E-state index contributed by atoms with van der Waals surface area (Å²) >= 11 is 1.50. The summed E-state index contributed by atoms with van der Waals surface area (Å²) in [4.78, 5) is 13.1. The summed E-state index contributed by atoms with van der Waals surface area (Å²) in [5, 5.41) is 9.77. The van der Waals surface area contributed by atoms with Gasteiger partial charge in [-0.3, -0.25) is 4.79 Å². The molecule has 1 saturated heterocycles. The number of carbonyl (C=O) groups excluding carboxylic acids is 1. The zero-order valence-corrected chi connectivity index (χ0v) is 19.6. The summed E-state index contributed by atoms with van der Waals surface area (Å²) in [7, 11) is 0. The van der Waals surface area contributed by atoms with E-state index in [1.54, 1.807) is 0 Å². The number of nitrogens with zero attached hydrogens (tertiary/aromatic N) is 4. The summed E-state index contributed by atoms with van der Waals surface area (Å²) in [5.41, 5.74) is 4.19. The summed E-state index contributed by atoms with van der Waals surface area (Å²) in [6, 6.07) is 12.4. The van der Waals surface area contributed by atoms with Gasteiger partial charge < -0.3 is 13.9 Å². The highest BCUT2D eigenvalue weighted by Crippen LogP contribution is 2.40. The SMILES string of the molecule is Cc1cc(C(=O)CSc2nnc(C3CC3)n2Cc2ccccc2)c(C)n1C[C@H]1CCCO1.